The van der Waals surface area contributed by atoms with Gasteiger partial charge in [-0.1, -0.05) is 6.92 Å². The number of hydrogen-bond donors (Lipinski definition) is 1. The first-order chi connectivity index (χ1) is 9.18. The fourth-order valence-electron chi connectivity index (χ4n) is 2.55. The van der Waals surface area contributed by atoms with Gasteiger partial charge in [-0.15, -0.1) is 23.7 Å². The van der Waals surface area contributed by atoms with Crippen molar-refractivity contribution in [1.82, 2.24) is 9.88 Å². The number of thiophene rings is 1. The molecule has 0 saturated carbocycles. The van der Waals surface area contributed by atoms with E-state index in [0.29, 0.717) is 5.41 Å². The third-order valence-electron chi connectivity index (χ3n) is 3.83. The monoisotopic (exact) mass is 329 g/mol. The van der Waals surface area contributed by atoms with Crippen LogP contribution in [-0.4, -0.2) is 29.5 Å². The summed E-state index contributed by atoms with van der Waals surface area (Å²) in [7, 11) is 0. The van der Waals surface area contributed by atoms with E-state index in [1.54, 1.807) is 11.3 Å². The van der Waals surface area contributed by atoms with E-state index in [1.807, 2.05) is 17.5 Å². The molecule has 0 spiro atoms. The lowest BCUT2D eigenvalue weighted by atomic mass is 9.90. The average molecular weight is 330 g/mol. The van der Waals surface area contributed by atoms with E-state index >= 15 is 0 Å². The van der Waals surface area contributed by atoms with Crippen molar-refractivity contribution in [2.24, 2.45) is 11.1 Å². The molecule has 1 atom stereocenters. The topological polar surface area (TPSA) is 42.1 Å². The van der Waals surface area contributed by atoms with Crippen LogP contribution in [0, 0.1) is 5.41 Å². The third kappa shape index (κ3) is 3.40. The number of likely N-dealkylation sites (tertiary alicyclic amines) is 1. The molecule has 0 amide bonds. The summed E-state index contributed by atoms with van der Waals surface area (Å²) in [5, 5.41) is 5.39. The lowest BCUT2D eigenvalue weighted by Gasteiger charge is -2.22. The van der Waals surface area contributed by atoms with E-state index in [4.69, 9.17) is 5.73 Å². The molecule has 110 valence electrons. The molecule has 20 heavy (non-hydrogen) atoms. The molecular weight excluding hydrogens is 310 g/mol. The summed E-state index contributed by atoms with van der Waals surface area (Å²) in [4.78, 5) is 8.38. The van der Waals surface area contributed by atoms with Gasteiger partial charge in [-0.3, -0.25) is 4.90 Å². The summed E-state index contributed by atoms with van der Waals surface area (Å²) >= 11 is 3.53. The van der Waals surface area contributed by atoms with E-state index in [9.17, 15) is 0 Å². The van der Waals surface area contributed by atoms with Crippen molar-refractivity contribution in [1.29, 1.82) is 0 Å². The van der Waals surface area contributed by atoms with Gasteiger partial charge in [0, 0.05) is 35.1 Å². The van der Waals surface area contributed by atoms with Crippen LogP contribution in [0.25, 0.3) is 10.6 Å². The van der Waals surface area contributed by atoms with Gasteiger partial charge in [-0.25, -0.2) is 4.98 Å². The molecule has 2 aromatic rings. The molecule has 1 saturated heterocycles. The lowest BCUT2D eigenvalue weighted by Crippen LogP contribution is -2.30. The molecule has 3 nitrogen and oxygen atoms in total. The first-order valence-electron chi connectivity index (χ1n) is 6.58. The van der Waals surface area contributed by atoms with Gasteiger partial charge in [0.25, 0.3) is 0 Å². The minimum absolute atomic E-state index is 0. The molecule has 2 N–H and O–H groups in total. The van der Waals surface area contributed by atoms with Crippen molar-refractivity contribution in [3.63, 3.8) is 0 Å². The second-order valence-electron chi connectivity index (χ2n) is 5.62. The highest BCUT2D eigenvalue weighted by molar-refractivity contribution is 7.15. The van der Waals surface area contributed by atoms with Crippen LogP contribution in [0.2, 0.25) is 0 Å². The van der Waals surface area contributed by atoms with Crippen molar-refractivity contribution in [2.45, 2.75) is 19.9 Å². The number of hydrogen-bond acceptors (Lipinski definition) is 5. The molecule has 2 aromatic heterocycles. The van der Waals surface area contributed by atoms with Gasteiger partial charge in [0.1, 0.15) is 5.01 Å². The Kier molecular flexibility index (Phi) is 5.20. The molecular formula is C14H20ClN3S2. The van der Waals surface area contributed by atoms with E-state index in [-0.39, 0.29) is 12.4 Å². The maximum absolute atomic E-state index is 5.86. The molecule has 1 unspecified atom stereocenters. The van der Waals surface area contributed by atoms with Gasteiger partial charge in [-0.05, 0) is 36.4 Å². The highest BCUT2D eigenvalue weighted by atomic mass is 35.5. The Labute approximate surface area is 134 Å². The molecule has 1 fully saturated rings. The Hall–Kier alpha value is -0.460. The number of nitrogens with zero attached hydrogens (tertiary/aromatic N) is 2. The highest BCUT2D eigenvalue weighted by Gasteiger charge is 2.32. The molecule has 1 aliphatic heterocycles. The van der Waals surface area contributed by atoms with Crippen LogP contribution in [0.1, 0.15) is 18.2 Å². The van der Waals surface area contributed by atoms with Crippen molar-refractivity contribution in [2.75, 3.05) is 19.6 Å². The van der Waals surface area contributed by atoms with Crippen LogP contribution in [0.3, 0.4) is 0 Å². The standard InChI is InChI=1S/C14H19N3S2.ClH/c1-14(9-15)3-4-17(10-14)7-12-6-16-13(19-12)11-2-5-18-8-11;/h2,5-6,8H,3-4,7,9-10,15H2,1H3;1H. The Morgan fingerprint density at radius 3 is 3.00 bits per heavy atom. The van der Waals surface area contributed by atoms with Gasteiger partial charge in [-0.2, -0.15) is 11.3 Å². The summed E-state index contributed by atoms with van der Waals surface area (Å²) in [6, 6.07) is 2.13. The van der Waals surface area contributed by atoms with Crippen molar-refractivity contribution >= 4 is 35.1 Å². The number of nitrogens with two attached hydrogens (primary N) is 1. The van der Waals surface area contributed by atoms with E-state index in [2.05, 4.69) is 33.6 Å². The summed E-state index contributed by atoms with van der Waals surface area (Å²) in [5.74, 6) is 0. The van der Waals surface area contributed by atoms with Crippen LogP contribution < -0.4 is 5.73 Å². The number of thiazole rings is 1. The highest BCUT2D eigenvalue weighted by Crippen LogP contribution is 2.32. The van der Waals surface area contributed by atoms with Crippen LogP contribution >= 0.6 is 35.1 Å². The van der Waals surface area contributed by atoms with Gasteiger partial charge in [0.05, 0.1) is 0 Å². The minimum Gasteiger partial charge on any atom is -0.330 e. The average Bonchev–Trinajstić information content (AvgIpc) is 3.11. The zero-order valence-electron chi connectivity index (χ0n) is 11.5. The van der Waals surface area contributed by atoms with Gasteiger partial charge < -0.3 is 5.73 Å². The smallest absolute Gasteiger partial charge is 0.124 e. The molecule has 0 aliphatic carbocycles. The first-order valence-corrected chi connectivity index (χ1v) is 8.34. The molecule has 3 heterocycles. The summed E-state index contributed by atoms with van der Waals surface area (Å²) in [5.41, 5.74) is 7.41. The van der Waals surface area contributed by atoms with Gasteiger partial charge >= 0.3 is 0 Å². The van der Waals surface area contributed by atoms with Crippen molar-refractivity contribution in [3.05, 3.63) is 27.9 Å². The largest absolute Gasteiger partial charge is 0.330 e. The second-order valence-corrected chi connectivity index (χ2v) is 7.51. The summed E-state index contributed by atoms with van der Waals surface area (Å²) < 4.78 is 0. The van der Waals surface area contributed by atoms with Gasteiger partial charge in [0.2, 0.25) is 0 Å². The predicted octanol–water partition coefficient (Wildman–Crippen LogP) is 3.46. The fraction of sp³-hybridized carbons (Fsp3) is 0.500. The van der Waals surface area contributed by atoms with Crippen LogP contribution in [0.15, 0.2) is 23.0 Å². The number of rotatable bonds is 4. The van der Waals surface area contributed by atoms with E-state index in [0.717, 1.165) is 31.2 Å². The Morgan fingerprint density at radius 1 is 1.50 bits per heavy atom. The maximum Gasteiger partial charge on any atom is 0.124 e. The number of aromatic nitrogens is 1. The molecule has 6 heteroatoms. The summed E-state index contributed by atoms with van der Waals surface area (Å²) in [6.45, 7) is 6.34. The zero-order valence-corrected chi connectivity index (χ0v) is 14.0. The van der Waals surface area contributed by atoms with Gasteiger partial charge in [0.15, 0.2) is 0 Å². The maximum atomic E-state index is 5.86. The van der Waals surface area contributed by atoms with Crippen LogP contribution in [0.5, 0.6) is 0 Å². The molecule has 0 aromatic carbocycles. The van der Waals surface area contributed by atoms with E-state index in [1.165, 1.54) is 16.9 Å². The van der Waals surface area contributed by atoms with E-state index < -0.39 is 0 Å². The lowest BCUT2D eigenvalue weighted by molar-refractivity contribution is 0.276. The molecule has 0 bridgehead atoms. The molecule has 3 rings (SSSR count). The normalized spacial score (nSPS) is 22.9. The quantitative estimate of drug-likeness (QED) is 0.934. The fourth-order valence-corrected chi connectivity index (χ4v) is 4.21. The SMILES string of the molecule is CC1(CN)CCN(Cc2cnc(-c3ccsc3)s2)C1.Cl. The predicted molar refractivity (Wildman–Crippen MR) is 89.7 cm³/mol. The Balaban J connectivity index is 0.00000147. The molecule has 1 aliphatic rings. The van der Waals surface area contributed by atoms with Crippen molar-refractivity contribution < 1.29 is 0 Å². The summed E-state index contributed by atoms with van der Waals surface area (Å²) in [6.07, 6.45) is 3.23. The van der Waals surface area contributed by atoms with Crippen LogP contribution in [-0.2, 0) is 6.54 Å². The Bertz CT molecular complexity index is 540. The number of halogens is 1. The van der Waals surface area contributed by atoms with Crippen molar-refractivity contribution in [3.8, 4) is 10.6 Å². The second kappa shape index (κ2) is 6.54. The molecule has 0 radical (unpaired) electrons. The first kappa shape index (κ1) is 15.9. The minimum atomic E-state index is 0. The third-order valence-corrected chi connectivity index (χ3v) is 5.55. The Morgan fingerprint density at radius 2 is 2.35 bits per heavy atom. The zero-order chi connectivity index (χ0) is 13.3. The van der Waals surface area contributed by atoms with Crippen LogP contribution in [0.4, 0.5) is 0 Å².